The fourth-order valence-corrected chi connectivity index (χ4v) is 3.16. The topological polar surface area (TPSA) is 29.5 Å². The fourth-order valence-electron chi connectivity index (χ4n) is 3.16. The number of aliphatic hydroxyl groups is 1. The number of hydrogen-bond donors (Lipinski definition) is 1. The fraction of sp³-hybridized carbons (Fsp3) is 0.625. The van der Waals surface area contributed by atoms with Gasteiger partial charge in [-0.05, 0) is 43.4 Å². The van der Waals surface area contributed by atoms with Crippen molar-refractivity contribution < 1.29 is 9.84 Å². The smallest absolute Gasteiger partial charge is 0.0948 e. The third-order valence-corrected chi connectivity index (χ3v) is 4.34. The molecule has 0 aromatic heterocycles. The Balaban J connectivity index is 2.25. The van der Waals surface area contributed by atoms with Crippen LogP contribution < -0.4 is 0 Å². The molecule has 0 spiro atoms. The molecule has 100 valence electrons. The number of rotatable bonds is 3. The van der Waals surface area contributed by atoms with Gasteiger partial charge < -0.3 is 9.84 Å². The van der Waals surface area contributed by atoms with E-state index in [4.69, 9.17) is 4.74 Å². The first-order valence-electron chi connectivity index (χ1n) is 6.87. The number of benzene rings is 1. The van der Waals surface area contributed by atoms with Gasteiger partial charge in [-0.15, -0.1) is 0 Å². The van der Waals surface area contributed by atoms with Gasteiger partial charge in [0.15, 0.2) is 0 Å². The first-order valence-corrected chi connectivity index (χ1v) is 6.87. The summed E-state index contributed by atoms with van der Waals surface area (Å²) in [4.78, 5) is 0. The Kier molecular flexibility index (Phi) is 4.08. The molecule has 0 aliphatic heterocycles. The first kappa shape index (κ1) is 13.6. The monoisotopic (exact) mass is 248 g/mol. The zero-order valence-electron chi connectivity index (χ0n) is 11.7. The van der Waals surface area contributed by atoms with E-state index in [1.165, 1.54) is 16.7 Å². The Labute approximate surface area is 110 Å². The molecule has 2 atom stereocenters. The van der Waals surface area contributed by atoms with Crippen LogP contribution in [0.4, 0.5) is 0 Å². The lowest BCUT2D eigenvalue weighted by Gasteiger charge is -2.39. The highest BCUT2D eigenvalue weighted by atomic mass is 16.5. The second-order valence-corrected chi connectivity index (χ2v) is 5.62. The van der Waals surface area contributed by atoms with Crippen LogP contribution in [-0.2, 0) is 11.2 Å². The third kappa shape index (κ3) is 2.60. The summed E-state index contributed by atoms with van der Waals surface area (Å²) in [6.07, 6.45) is 4.76. The van der Waals surface area contributed by atoms with Crippen molar-refractivity contribution in [3.63, 3.8) is 0 Å². The van der Waals surface area contributed by atoms with Gasteiger partial charge in [0.25, 0.3) is 0 Å². The molecule has 18 heavy (non-hydrogen) atoms. The molecule has 0 saturated heterocycles. The average Bonchev–Trinajstić information content (AvgIpc) is 2.35. The van der Waals surface area contributed by atoms with Gasteiger partial charge in [-0.1, -0.05) is 31.0 Å². The van der Waals surface area contributed by atoms with Gasteiger partial charge in [-0.3, -0.25) is 0 Å². The van der Waals surface area contributed by atoms with Crippen molar-refractivity contribution in [1.29, 1.82) is 0 Å². The number of ether oxygens (including phenoxy) is 1. The summed E-state index contributed by atoms with van der Waals surface area (Å²) in [7, 11) is 1.71. The molecule has 1 fully saturated rings. The molecule has 2 heteroatoms. The molecule has 2 nitrogen and oxygen atoms in total. The normalized spacial score (nSPS) is 28.3. The lowest BCUT2D eigenvalue weighted by molar-refractivity contribution is -0.116. The molecule has 0 radical (unpaired) electrons. The molecular weight excluding hydrogens is 224 g/mol. The van der Waals surface area contributed by atoms with E-state index in [0.29, 0.717) is 6.42 Å². The molecule has 0 bridgehead atoms. The highest BCUT2D eigenvalue weighted by Gasteiger charge is 2.39. The number of hydrogen-bond acceptors (Lipinski definition) is 2. The molecular formula is C16H24O2. The summed E-state index contributed by atoms with van der Waals surface area (Å²) in [6.45, 7) is 4.24. The van der Waals surface area contributed by atoms with Gasteiger partial charge in [0.2, 0.25) is 0 Å². The summed E-state index contributed by atoms with van der Waals surface area (Å²) in [6, 6.07) is 6.32. The molecule has 1 aromatic carbocycles. The first-order chi connectivity index (χ1) is 8.57. The Morgan fingerprint density at radius 3 is 2.56 bits per heavy atom. The van der Waals surface area contributed by atoms with Gasteiger partial charge in [0.1, 0.15) is 0 Å². The van der Waals surface area contributed by atoms with E-state index < -0.39 is 5.60 Å². The minimum atomic E-state index is -0.691. The van der Waals surface area contributed by atoms with Gasteiger partial charge in [-0.25, -0.2) is 0 Å². The summed E-state index contributed by atoms with van der Waals surface area (Å²) >= 11 is 0. The van der Waals surface area contributed by atoms with E-state index in [0.717, 1.165) is 25.7 Å². The molecule has 1 aliphatic carbocycles. The van der Waals surface area contributed by atoms with Crippen molar-refractivity contribution in [3.8, 4) is 0 Å². The standard InChI is InChI=1S/C16H24O2/c1-12-7-6-8-13(2)14(12)11-16(17)10-5-4-9-15(16)18-3/h6-8,15,17H,4-5,9-11H2,1-3H3. The van der Waals surface area contributed by atoms with E-state index in [-0.39, 0.29) is 6.10 Å². The quantitative estimate of drug-likeness (QED) is 0.890. The van der Waals surface area contributed by atoms with Crippen LogP contribution in [0.5, 0.6) is 0 Å². The summed E-state index contributed by atoms with van der Waals surface area (Å²) in [5.74, 6) is 0. The molecule has 1 aliphatic rings. The summed E-state index contributed by atoms with van der Waals surface area (Å²) < 4.78 is 5.51. The van der Waals surface area contributed by atoms with Crippen LogP contribution in [0.2, 0.25) is 0 Å². The lowest BCUT2D eigenvalue weighted by atomic mass is 9.77. The van der Waals surface area contributed by atoms with Crippen molar-refractivity contribution in [3.05, 3.63) is 34.9 Å². The zero-order chi connectivity index (χ0) is 13.2. The Hall–Kier alpha value is -0.860. The highest BCUT2D eigenvalue weighted by molar-refractivity contribution is 5.35. The lowest BCUT2D eigenvalue weighted by Crippen LogP contribution is -2.48. The van der Waals surface area contributed by atoms with Crippen molar-refractivity contribution in [1.82, 2.24) is 0 Å². The Morgan fingerprint density at radius 1 is 1.28 bits per heavy atom. The number of methoxy groups -OCH3 is 1. The molecule has 2 rings (SSSR count). The van der Waals surface area contributed by atoms with Crippen LogP contribution in [0.25, 0.3) is 0 Å². The highest BCUT2D eigenvalue weighted by Crippen LogP contribution is 2.34. The van der Waals surface area contributed by atoms with E-state index in [2.05, 4.69) is 32.0 Å². The maximum Gasteiger partial charge on any atom is 0.0948 e. The minimum absolute atomic E-state index is 0.0229. The molecule has 1 aromatic rings. The van der Waals surface area contributed by atoms with Crippen LogP contribution in [0.3, 0.4) is 0 Å². The van der Waals surface area contributed by atoms with E-state index >= 15 is 0 Å². The third-order valence-electron chi connectivity index (χ3n) is 4.34. The van der Waals surface area contributed by atoms with Crippen molar-refractivity contribution in [2.24, 2.45) is 0 Å². The maximum atomic E-state index is 10.9. The zero-order valence-corrected chi connectivity index (χ0v) is 11.7. The predicted molar refractivity (Wildman–Crippen MR) is 73.8 cm³/mol. The van der Waals surface area contributed by atoms with Gasteiger partial charge in [0.05, 0.1) is 11.7 Å². The van der Waals surface area contributed by atoms with Crippen molar-refractivity contribution >= 4 is 0 Å². The maximum absolute atomic E-state index is 10.9. The summed E-state index contributed by atoms with van der Waals surface area (Å²) in [5, 5.41) is 10.9. The van der Waals surface area contributed by atoms with Gasteiger partial charge in [-0.2, -0.15) is 0 Å². The van der Waals surface area contributed by atoms with Crippen LogP contribution in [0.1, 0.15) is 42.4 Å². The molecule has 1 saturated carbocycles. The van der Waals surface area contributed by atoms with Crippen LogP contribution >= 0.6 is 0 Å². The van der Waals surface area contributed by atoms with Gasteiger partial charge in [0, 0.05) is 13.5 Å². The molecule has 0 amide bonds. The predicted octanol–water partition coefficient (Wildman–Crippen LogP) is 3.17. The minimum Gasteiger partial charge on any atom is -0.387 e. The molecule has 2 unspecified atom stereocenters. The van der Waals surface area contributed by atoms with Gasteiger partial charge >= 0.3 is 0 Å². The molecule has 0 heterocycles. The SMILES string of the molecule is COC1CCCCC1(O)Cc1c(C)cccc1C. The Morgan fingerprint density at radius 2 is 1.94 bits per heavy atom. The van der Waals surface area contributed by atoms with E-state index in [1.54, 1.807) is 7.11 Å². The van der Waals surface area contributed by atoms with Crippen LogP contribution in [-0.4, -0.2) is 23.9 Å². The average molecular weight is 248 g/mol. The van der Waals surface area contributed by atoms with E-state index in [9.17, 15) is 5.11 Å². The largest absolute Gasteiger partial charge is 0.387 e. The van der Waals surface area contributed by atoms with Crippen LogP contribution in [0, 0.1) is 13.8 Å². The van der Waals surface area contributed by atoms with Crippen LogP contribution in [0.15, 0.2) is 18.2 Å². The number of aryl methyl sites for hydroxylation is 2. The Bertz CT molecular complexity index is 393. The second-order valence-electron chi connectivity index (χ2n) is 5.62. The van der Waals surface area contributed by atoms with E-state index in [1.807, 2.05) is 0 Å². The van der Waals surface area contributed by atoms with Crippen molar-refractivity contribution in [2.45, 2.75) is 57.7 Å². The van der Waals surface area contributed by atoms with Crippen molar-refractivity contribution in [2.75, 3.05) is 7.11 Å². The second kappa shape index (κ2) is 5.41. The summed E-state index contributed by atoms with van der Waals surface area (Å²) in [5.41, 5.74) is 3.13. The molecule has 1 N–H and O–H groups in total.